The van der Waals surface area contributed by atoms with E-state index in [2.05, 4.69) is 217 Å². The molecule has 11 rings (SSSR count). The van der Waals surface area contributed by atoms with Crippen LogP contribution in [0.1, 0.15) is 0 Å². The molecule has 0 saturated heterocycles. The summed E-state index contributed by atoms with van der Waals surface area (Å²) in [7, 11) is 0. The average Bonchev–Trinajstić information content (AvgIpc) is 3.67. The predicted octanol–water partition coefficient (Wildman–Crippen LogP) is 15.5. The van der Waals surface area contributed by atoms with Crippen molar-refractivity contribution in [1.82, 2.24) is 0 Å². The maximum Gasteiger partial charge on any atom is 0.145 e. The summed E-state index contributed by atoms with van der Waals surface area (Å²) in [6.07, 6.45) is 0. The molecule has 0 N–H and O–H groups in total. The zero-order valence-corrected chi connectivity index (χ0v) is 30.6. The molecule has 0 fully saturated rings. The van der Waals surface area contributed by atoms with E-state index in [0.29, 0.717) is 0 Å². The van der Waals surface area contributed by atoms with E-state index in [1.807, 2.05) is 0 Å². The van der Waals surface area contributed by atoms with Crippen molar-refractivity contribution in [3.8, 4) is 33.4 Å². The fourth-order valence-electron chi connectivity index (χ4n) is 8.61. The second kappa shape index (κ2) is 13.2. The minimum Gasteiger partial charge on any atom is -0.455 e. The Hall–Kier alpha value is -7.42. The van der Waals surface area contributed by atoms with E-state index in [4.69, 9.17) is 4.42 Å². The fourth-order valence-corrected chi connectivity index (χ4v) is 8.61. The third-order valence-electron chi connectivity index (χ3n) is 11.3. The molecule has 262 valence electrons. The second-order valence-corrected chi connectivity index (χ2v) is 14.4. The molecule has 2 nitrogen and oxygen atoms in total. The molecule has 0 unspecified atom stereocenters. The van der Waals surface area contributed by atoms with Crippen LogP contribution in [0.15, 0.2) is 217 Å². The van der Waals surface area contributed by atoms with E-state index in [9.17, 15) is 0 Å². The highest BCUT2D eigenvalue weighted by Gasteiger charge is 2.24. The number of benzene rings is 10. The lowest BCUT2D eigenvalue weighted by molar-refractivity contribution is 0.670. The Morgan fingerprint density at radius 3 is 1.75 bits per heavy atom. The highest BCUT2D eigenvalue weighted by atomic mass is 16.3. The first-order chi connectivity index (χ1) is 27.8. The van der Waals surface area contributed by atoms with E-state index in [0.717, 1.165) is 50.1 Å². The minimum atomic E-state index is 0.869. The summed E-state index contributed by atoms with van der Waals surface area (Å²) in [5, 5.41) is 9.46. The molecule has 0 saturated carbocycles. The van der Waals surface area contributed by atoms with Crippen LogP contribution in [-0.4, -0.2) is 0 Å². The Balaban J connectivity index is 1.16. The van der Waals surface area contributed by atoms with Crippen molar-refractivity contribution < 1.29 is 4.42 Å². The summed E-state index contributed by atoms with van der Waals surface area (Å²) in [6, 6.07) is 76.4. The highest BCUT2D eigenvalue weighted by molar-refractivity contribution is 6.20. The van der Waals surface area contributed by atoms with Crippen molar-refractivity contribution in [2.75, 3.05) is 4.90 Å². The lowest BCUT2D eigenvalue weighted by atomic mass is 9.95. The van der Waals surface area contributed by atoms with Gasteiger partial charge in [-0.1, -0.05) is 170 Å². The van der Waals surface area contributed by atoms with Gasteiger partial charge in [-0.15, -0.1) is 0 Å². The summed E-state index contributed by atoms with van der Waals surface area (Å²) < 4.78 is 6.89. The normalized spacial score (nSPS) is 11.6. The summed E-state index contributed by atoms with van der Waals surface area (Å²) in [4.78, 5) is 2.43. The van der Waals surface area contributed by atoms with Gasteiger partial charge in [-0.3, -0.25) is 0 Å². The fraction of sp³-hybridized carbons (Fsp3) is 0. The topological polar surface area (TPSA) is 16.4 Å². The van der Waals surface area contributed by atoms with Crippen molar-refractivity contribution in [1.29, 1.82) is 0 Å². The number of nitrogens with zero attached hydrogens (tertiary/aromatic N) is 1. The maximum absolute atomic E-state index is 6.89. The Kier molecular flexibility index (Phi) is 7.53. The standard InChI is InChI=1S/C54H35NO/c1-2-13-36(14-3-1)40-18-10-19-41(35-40)37-27-30-42(31-28-37)55(50-25-12-24-45-44-21-7-5-16-39(44)29-32-47(45)50)51-34-33-48(46-23-11-17-38-15-4-6-20-43(38)46)54-53(51)49-22-8-9-26-52(49)56-54/h1-35H. The Morgan fingerprint density at radius 2 is 0.929 bits per heavy atom. The maximum atomic E-state index is 6.89. The SMILES string of the molecule is c1ccc(-c2cccc(-c3ccc(N(c4cccc5c4ccc4ccccc45)c4ccc(-c5cccc6ccccc56)c5oc6ccccc6c45)cc3)c2)cc1. The van der Waals surface area contributed by atoms with Gasteiger partial charge >= 0.3 is 0 Å². The highest BCUT2D eigenvalue weighted by Crippen LogP contribution is 2.48. The van der Waals surface area contributed by atoms with Gasteiger partial charge in [0.25, 0.3) is 0 Å². The Morgan fingerprint density at radius 1 is 0.321 bits per heavy atom. The van der Waals surface area contributed by atoms with Gasteiger partial charge in [0.15, 0.2) is 0 Å². The van der Waals surface area contributed by atoms with Crippen LogP contribution in [0.4, 0.5) is 17.1 Å². The molecular formula is C54H35NO. The quantitative estimate of drug-likeness (QED) is 0.160. The van der Waals surface area contributed by atoms with Gasteiger partial charge in [-0.25, -0.2) is 0 Å². The molecule has 11 aromatic rings. The first-order valence-electron chi connectivity index (χ1n) is 19.2. The van der Waals surface area contributed by atoms with Gasteiger partial charge in [0.2, 0.25) is 0 Å². The van der Waals surface area contributed by atoms with Crippen LogP contribution in [0.25, 0.3) is 87.6 Å². The van der Waals surface area contributed by atoms with Gasteiger partial charge in [-0.05, 0) is 97.2 Å². The molecule has 2 heteroatoms. The number of para-hydroxylation sites is 1. The zero-order valence-electron chi connectivity index (χ0n) is 30.6. The number of hydrogen-bond donors (Lipinski definition) is 0. The lowest BCUT2D eigenvalue weighted by Gasteiger charge is -2.28. The Labute approximate surface area is 325 Å². The largest absolute Gasteiger partial charge is 0.455 e. The first-order valence-corrected chi connectivity index (χ1v) is 19.2. The molecule has 0 aliphatic heterocycles. The van der Waals surface area contributed by atoms with Crippen LogP contribution in [-0.2, 0) is 0 Å². The van der Waals surface area contributed by atoms with Crippen LogP contribution in [0.2, 0.25) is 0 Å². The molecule has 0 aliphatic carbocycles. The van der Waals surface area contributed by atoms with Gasteiger partial charge in [0.1, 0.15) is 11.2 Å². The van der Waals surface area contributed by atoms with Crippen molar-refractivity contribution in [3.63, 3.8) is 0 Å². The molecular weight excluding hydrogens is 679 g/mol. The first kappa shape index (κ1) is 32.0. The number of rotatable bonds is 6. The minimum absolute atomic E-state index is 0.869. The molecule has 0 spiro atoms. The Bertz CT molecular complexity index is 3240. The summed E-state index contributed by atoms with van der Waals surface area (Å²) >= 11 is 0. The van der Waals surface area contributed by atoms with Crippen LogP contribution in [0, 0.1) is 0 Å². The number of hydrogen-bond acceptors (Lipinski definition) is 2. The molecule has 1 heterocycles. The molecule has 56 heavy (non-hydrogen) atoms. The van der Waals surface area contributed by atoms with Crippen molar-refractivity contribution >= 4 is 71.3 Å². The van der Waals surface area contributed by atoms with Crippen LogP contribution in [0.3, 0.4) is 0 Å². The van der Waals surface area contributed by atoms with Crippen molar-refractivity contribution in [2.45, 2.75) is 0 Å². The van der Waals surface area contributed by atoms with Crippen LogP contribution in [0.5, 0.6) is 0 Å². The van der Waals surface area contributed by atoms with E-state index in [1.165, 1.54) is 54.6 Å². The summed E-state index contributed by atoms with van der Waals surface area (Å²) in [5.74, 6) is 0. The van der Waals surface area contributed by atoms with E-state index in [1.54, 1.807) is 0 Å². The summed E-state index contributed by atoms with van der Waals surface area (Å²) in [5.41, 5.74) is 12.0. The molecule has 0 atom stereocenters. The van der Waals surface area contributed by atoms with Gasteiger partial charge in [-0.2, -0.15) is 0 Å². The van der Waals surface area contributed by atoms with Gasteiger partial charge in [0, 0.05) is 22.0 Å². The van der Waals surface area contributed by atoms with Crippen molar-refractivity contribution in [2.24, 2.45) is 0 Å². The third kappa shape index (κ3) is 5.26. The zero-order chi connectivity index (χ0) is 37.0. The smallest absolute Gasteiger partial charge is 0.145 e. The van der Waals surface area contributed by atoms with Crippen molar-refractivity contribution in [3.05, 3.63) is 212 Å². The van der Waals surface area contributed by atoms with E-state index >= 15 is 0 Å². The molecule has 0 amide bonds. The molecule has 0 radical (unpaired) electrons. The number of anilines is 3. The lowest BCUT2D eigenvalue weighted by Crippen LogP contribution is -2.11. The molecule has 0 bridgehead atoms. The second-order valence-electron chi connectivity index (χ2n) is 14.4. The van der Waals surface area contributed by atoms with Crippen LogP contribution < -0.4 is 4.90 Å². The third-order valence-corrected chi connectivity index (χ3v) is 11.3. The van der Waals surface area contributed by atoms with Crippen LogP contribution >= 0.6 is 0 Å². The molecule has 0 aliphatic rings. The van der Waals surface area contributed by atoms with E-state index < -0.39 is 0 Å². The average molecular weight is 714 g/mol. The predicted molar refractivity (Wildman–Crippen MR) is 237 cm³/mol. The monoisotopic (exact) mass is 713 g/mol. The summed E-state index contributed by atoms with van der Waals surface area (Å²) in [6.45, 7) is 0. The molecule has 10 aromatic carbocycles. The number of fused-ring (bicyclic) bond motifs is 7. The van der Waals surface area contributed by atoms with E-state index in [-0.39, 0.29) is 0 Å². The number of furan rings is 1. The van der Waals surface area contributed by atoms with Gasteiger partial charge < -0.3 is 9.32 Å². The van der Waals surface area contributed by atoms with Gasteiger partial charge in [0.05, 0.1) is 16.8 Å². The molecule has 1 aromatic heterocycles.